The molecule has 1 unspecified atom stereocenters. The highest BCUT2D eigenvalue weighted by Gasteiger charge is 2.26. The largest absolute Gasteiger partial charge is 0.327 e. The zero-order chi connectivity index (χ0) is 11.8. The molecule has 2 aromatic heterocycles. The molecule has 1 aliphatic rings. The van der Waals surface area contributed by atoms with Crippen molar-refractivity contribution in [2.24, 2.45) is 5.73 Å². The van der Waals surface area contributed by atoms with Gasteiger partial charge in [0.05, 0.1) is 0 Å². The van der Waals surface area contributed by atoms with Gasteiger partial charge in [0.25, 0.3) is 0 Å². The summed E-state index contributed by atoms with van der Waals surface area (Å²) in [6.45, 7) is 2.10. The van der Waals surface area contributed by atoms with Crippen molar-refractivity contribution in [3.05, 3.63) is 10.8 Å². The second-order valence-electron chi connectivity index (χ2n) is 4.75. The van der Waals surface area contributed by atoms with Crippen LogP contribution in [0.25, 0.3) is 4.96 Å². The van der Waals surface area contributed by atoms with Crippen LogP contribution in [0, 0.1) is 0 Å². The Bertz CT molecular complexity index is 513. The molecule has 2 heterocycles. The summed E-state index contributed by atoms with van der Waals surface area (Å²) in [5.41, 5.74) is 5.95. The van der Waals surface area contributed by atoms with Crippen molar-refractivity contribution in [2.75, 3.05) is 0 Å². The lowest BCUT2D eigenvalue weighted by atomic mass is 9.85. The number of hydrogen-bond acceptors (Lipinski definition) is 5. The number of nitrogens with two attached hydrogens (primary N) is 1. The Kier molecular flexibility index (Phi) is 2.84. The third-order valence-electron chi connectivity index (χ3n) is 3.49. The number of aromatic nitrogens is 4. The zero-order valence-corrected chi connectivity index (χ0v) is 10.8. The highest BCUT2D eigenvalue weighted by molar-refractivity contribution is 7.16. The van der Waals surface area contributed by atoms with Crippen molar-refractivity contribution in [1.29, 1.82) is 0 Å². The van der Waals surface area contributed by atoms with Crippen LogP contribution in [0.3, 0.4) is 0 Å². The predicted molar refractivity (Wildman–Crippen MR) is 67.2 cm³/mol. The van der Waals surface area contributed by atoms with E-state index >= 15 is 0 Å². The lowest BCUT2D eigenvalue weighted by Gasteiger charge is -2.22. The molecule has 2 aromatic rings. The summed E-state index contributed by atoms with van der Waals surface area (Å²) in [4.78, 5) is 0.908. The van der Waals surface area contributed by atoms with Gasteiger partial charge in [0.1, 0.15) is 5.01 Å². The van der Waals surface area contributed by atoms with Gasteiger partial charge in [-0.25, -0.2) is 0 Å². The molecule has 1 saturated carbocycles. The Balaban J connectivity index is 1.88. The Morgan fingerprint density at radius 2 is 2.29 bits per heavy atom. The number of rotatable bonds is 4. The van der Waals surface area contributed by atoms with Gasteiger partial charge in [-0.3, -0.25) is 0 Å². The fourth-order valence-corrected chi connectivity index (χ4v) is 2.98. The first-order valence-electron chi connectivity index (χ1n) is 6.24. The van der Waals surface area contributed by atoms with Crippen LogP contribution in [0.2, 0.25) is 0 Å². The zero-order valence-electron chi connectivity index (χ0n) is 9.96. The summed E-state index contributed by atoms with van der Waals surface area (Å²) in [6, 6.07) is 0.200. The number of nitrogens with zero attached hydrogens (tertiary/aromatic N) is 4. The van der Waals surface area contributed by atoms with Crippen LogP contribution in [0.1, 0.15) is 49.4 Å². The van der Waals surface area contributed by atoms with Crippen LogP contribution in [0.15, 0.2) is 0 Å². The predicted octanol–water partition coefficient (Wildman–Crippen LogP) is 1.73. The molecule has 0 amide bonds. The maximum atomic E-state index is 5.95. The molecular weight excluding hydrogens is 234 g/mol. The molecule has 2 N–H and O–H groups in total. The third kappa shape index (κ3) is 1.95. The summed E-state index contributed by atoms with van der Waals surface area (Å²) < 4.78 is 1.92. The van der Waals surface area contributed by atoms with E-state index in [-0.39, 0.29) is 6.04 Å². The average molecular weight is 251 g/mol. The Morgan fingerprint density at radius 3 is 2.94 bits per heavy atom. The second-order valence-corrected chi connectivity index (χ2v) is 5.79. The molecule has 1 atom stereocenters. The van der Waals surface area contributed by atoms with Gasteiger partial charge in [-0.2, -0.15) is 9.61 Å². The minimum absolute atomic E-state index is 0.200. The molecule has 0 radical (unpaired) electrons. The number of hydrogen-bond donors (Lipinski definition) is 1. The topological polar surface area (TPSA) is 69.1 Å². The monoisotopic (exact) mass is 251 g/mol. The molecular formula is C11H17N5S. The van der Waals surface area contributed by atoms with Crippen molar-refractivity contribution >= 4 is 16.3 Å². The maximum Gasteiger partial charge on any atom is 0.234 e. The Labute approximate surface area is 104 Å². The molecule has 1 fully saturated rings. The maximum absolute atomic E-state index is 5.95. The molecule has 3 rings (SSSR count). The average Bonchev–Trinajstić information content (AvgIpc) is 2.77. The molecule has 0 aliphatic heterocycles. The first-order chi connectivity index (χ1) is 8.28. The summed E-state index contributed by atoms with van der Waals surface area (Å²) in [5, 5.41) is 14.1. The van der Waals surface area contributed by atoms with E-state index in [1.807, 2.05) is 4.52 Å². The van der Waals surface area contributed by atoms with Gasteiger partial charge in [0.15, 0.2) is 5.82 Å². The van der Waals surface area contributed by atoms with Crippen molar-refractivity contribution in [1.82, 2.24) is 19.8 Å². The third-order valence-corrected chi connectivity index (χ3v) is 4.41. The first-order valence-corrected chi connectivity index (χ1v) is 7.06. The van der Waals surface area contributed by atoms with E-state index in [4.69, 9.17) is 5.73 Å². The lowest BCUT2D eigenvalue weighted by molar-refractivity contribution is 0.394. The molecule has 0 saturated heterocycles. The van der Waals surface area contributed by atoms with E-state index in [2.05, 4.69) is 22.2 Å². The van der Waals surface area contributed by atoms with E-state index in [1.54, 1.807) is 11.3 Å². The van der Waals surface area contributed by atoms with Gasteiger partial charge in [0.2, 0.25) is 4.96 Å². The minimum atomic E-state index is 0.200. The second kappa shape index (κ2) is 4.34. The summed E-state index contributed by atoms with van der Waals surface area (Å²) in [5.74, 6) is 1.61. The van der Waals surface area contributed by atoms with Crippen molar-refractivity contribution in [3.8, 4) is 0 Å². The van der Waals surface area contributed by atoms with Gasteiger partial charge < -0.3 is 5.73 Å². The van der Waals surface area contributed by atoms with Crippen molar-refractivity contribution in [2.45, 2.75) is 51.0 Å². The summed E-state index contributed by atoms with van der Waals surface area (Å²) in [7, 11) is 0. The molecule has 5 nitrogen and oxygen atoms in total. The van der Waals surface area contributed by atoms with E-state index in [9.17, 15) is 0 Å². The van der Waals surface area contributed by atoms with E-state index in [0.29, 0.717) is 5.92 Å². The molecule has 92 valence electrons. The van der Waals surface area contributed by atoms with Gasteiger partial charge in [-0.05, 0) is 19.3 Å². The Morgan fingerprint density at radius 1 is 1.47 bits per heavy atom. The smallest absolute Gasteiger partial charge is 0.234 e. The van der Waals surface area contributed by atoms with Crippen molar-refractivity contribution < 1.29 is 0 Å². The van der Waals surface area contributed by atoms with Crippen LogP contribution in [0.5, 0.6) is 0 Å². The fourth-order valence-electron chi connectivity index (χ4n) is 2.04. The fraction of sp³-hybridized carbons (Fsp3) is 0.727. The van der Waals surface area contributed by atoms with Crippen LogP contribution in [-0.4, -0.2) is 25.9 Å². The van der Waals surface area contributed by atoms with Gasteiger partial charge in [0, 0.05) is 18.4 Å². The van der Waals surface area contributed by atoms with Crippen LogP contribution in [-0.2, 0) is 6.42 Å². The van der Waals surface area contributed by atoms with Gasteiger partial charge >= 0.3 is 0 Å². The van der Waals surface area contributed by atoms with Crippen LogP contribution >= 0.6 is 11.3 Å². The SMILES string of the molecule is CCC(N)Cc1nn2c(C3CCC3)nnc2s1. The molecule has 6 heteroatoms. The molecule has 17 heavy (non-hydrogen) atoms. The Hall–Kier alpha value is -1.01. The van der Waals surface area contributed by atoms with E-state index < -0.39 is 0 Å². The van der Waals surface area contributed by atoms with Crippen LogP contribution in [0.4, 0.5) is 0 Å². The highest BCUT2D eigenvalue weighted by Crippen LogP contribution is 2.35. The summed E-state index contributed by atoms with van der Waals surface area (Å²) >= 11 is 1.61. The molecule has 0 spiro atoms. The van der Waals surface area contributed by atoms with Crippen molar-refractivity contribution in [3.63, 3.8) is 0 Å². The van der Waals surface area contributed by atoms with Gasteiger partial charge in [-0.15, -0.1) is 10.2 Å². The normalized spacial score (nSPS) is 18.5. The van der Waals surface area contributed by atoms with E-state index in [0.717, 1.165) is 28.6 Å². The van der Waals surface area contributed by atoms with E-state index in [1.165, 1.54) is 19.3 Å². The molecule has 1 aliphatic carbocycles. The van der Waals surface area contributed by atoms with Gasteiger partial charge in [-0.1, -0.05) is 24.7 Å². The summed E-state index contributed by atoms with van der Waals surface area (Å²) in [6.07, 6.45) is 5.58. The highest BCUT2D eigenvalue weighted by atomic mass is 32.1. The first kappa shape index (κ1) is 11.1. The van der Waals surface area contributed by atoms with Crippen LogP contribution < -0.4 is 5.73 Å². The standard InChI is InChI=1S/C11H17N5S/c1-2-8(12)6-9-15-16-10(7-4-3-5-7)13-14-11(16)17-9/h7-8H,2-6,12H2,1H3. The lowest BCUT2D eigenvalue weighted by Crippen LogP contribution is -2.21. The number of fused-ring (bicyclic) bond motifs is 1. The molecule has 0 bridgehead atoms. The quantitative estimate of drug-likeness (QED) is 0.898. The minimum Gasteiger partial charge on any atom is -0.327 e. The molecule has 0 aromatic carbocycles.